The van der Waals surface area contributed by atoms with E-state index in [1.807, 2.05) is 26.0 Å². The van der Waals surface area contributed by atoms with Gasteiger partial charge in [-0.25, -0.2) is 9.23 Å². The van der Waals surface area contributed by atoms with Crippen molar-refractivity contribution in [2.75, 3.05) is 21.0 Å². The molecule has 0 radical (unpaired) electrons. The topological polar surface area (TPSA) is 88.5 Å². The van der Waals surface area contributed by atoms with Crippen LogP contribution in [0.4, 0.5) is 4.39 Å². The van der Waals surface area contributed by atoms with Crippen LogP contribution in [0.15, 0.2) is 48.5 Å². The number of nitrogens with zero attached hydrogens (tertiary/aromatic N) is 2. The van der Waals surface area contributed by atoms with Crippen LogP contribution in [0.5, 0.6) is 5.75 Å². The van der Waals surface area contributed by atoms with Crippen LogP contribution in [-0.2, 0) is 25.7 Å². The molecule has 9 heteroatoms. The Morgan fingerprint density at radius 2 is 1.71 bits per heavy atom. The summed E-state index contributed by atoms with van der Waals surface area (Å²) in [6.07, 6.45) is -1.14. The third-order valence-corrected chi connectivity index (χ3v) is 5.74. The minimum Gasteiger partial charge on any atom is -0.497 e. The molecule has 1 aliphatic rings. The first kappa shape index (κ1) is 25.8. The van der Waals surface area contributed by atoms with Crippen molar-refractivity contribution in [2.24, 2.45) is 5.92 Å². The Hall–Kier alpha value is -2.85. The zero-order valence-corrected chi connectivity index (χ0v) is 19.8. The predicted octanol–water partition coefficient (Wildman–Crippen LogP) is 3.06. The molecule has 1 heterocycles. The molecule has 8 nitrogen and oxygen atoms in total. The number of carbonyl (C=O) groups is 2. The molecule has 1 saturated heterocycles. The van der Waals surface area contributed by atoms with Crippen LogP contribution in [-0.4, -0.2) is 60.0 Å². The lowest BCUT2D eigenvalue weighted by Gasteiger charge is -2.45. The van der Waals surface area contributed by atoms with E-state index in [1.54, 1.807) is 30.2 Å². The highest BCUT2D eigenvalue weighted by molar-refractivity contribution is 6.02. The number of methoxy groups -OCH3 is 2. The number of hydrogen-bond acceptors (Lipinski definition) is 7. The lowest BCUT2D eigenvalue weighted by molar-refractivity contribution is -0.238. The summed E-state index contributed by atoms with van der Waals surface area (Å²) in [5.41, 5.74) is 0.761. The first-order chi connectivity index (χ1) is 16.3. The van der Waals surface area contributed by atoms with Crippen LogP contribution >= 0.6 is 0 Å². The van der Waals surface area contributed by atoms with Gasteiger partial charge in [0.05, 0.1) is 13.2 Å². The van der Waals surface area contributed by atoms with Gasteiger partial charge in [0.25, 0.3) is 11.8 Å². The lowest BCUT2D eigenvalue weighted by Crippen LogP contribution is -2.66. The van der Waals surface area contributed by atoms with E-state index in [4.69, 9.17) is 14.3 Å². The summed E-state index contributed by atoms with van der Waals surface area (Å²) in [6.45, 7) is 3.76. The van der Waals surface area contributed by atoms with Crippen molar-refractivity contribution in [1.29, 1.82) is 0 Å². The molecule has 3 rings (SSSR count). The third kappa shape index (κ3) is 5.61. The third-order valence-electron chi connectivity index (χ3n) is 5.74. The fourth-order valence-electron chi connectivity index (χ4n) is 4.11. The van der Waals surface area contributed by atoms with Gasteiger partial charge in [-0.3, -0.25) is 14.5 Å². The summed E-state index contributed by atoms with van der Waals surface area (Å²) < 4.78 is 24.7. The molecular weight excluding hydrogens is 443 g/mol. The molecule has 34 heavy (non-hydrogen) atoms. The number of aliphatic hydroxyl groups excluding tert-OH is 1. The monoisotopic (exact) mass is 474 g/mol. The van der Waals surface area contributed by atoms with Crippen LogP contribution in [0.25, 0.3) is 0 Å². The molecule has 0 spiro atoms. The lowest BCUT2D eigenvalue weighted by atomic mass is 9.91. The van der Waals surface area contributed by atoms with Crippen molar-refractivity contribution in [3.63, 3.8) is 0 Å². The number of piperazine rings is 1. The molecule has 3 atom stereocenters. The quantitative estimate of drug-likeness (QED) is 0.418. The number of hydroxylamine groups is 2. The molecule has 0 aromatic heterocycles. The van der Waals surface area contributed by atoms with E-state index in [0.717, 1.165) is 5.56 Å². The summed E-state index contributed by atoms with van der Waals surface area (Å²) in [5.74, 6) is -1.23. The summed E-state index contributed by atoms with van der Waals surface area (Å²) in [5, 5.41) is 11.9. The van der Waals surface area contributed by atoms with Gasteiger partial charge in [0, 0.05) is 19.2 Å². The first-order valence-corrected chi connectivity index (χ1v) is 11.1. The van der Waals surface area contributed by atoms with Crippen molar-refractivity contribution in [3.05, 3.63) is 65.5 Å². The number of amides is 2. The van der Waals surface area contributed by atoms with Crippen molar-refractivity contribution in [1.82, 2.24) is 9.96 Å². The Bertz CT molecular complexity index is 984. The second-order valence-electron chi connectivity index (χ2n) is 8.58. The molecular formula is C25H31FN2O6. The van der Waals surface area contributed by atoms with Crippen LogP contribution in [0, 0.1) is 11.7 Å². The largest absolute Gasteiger partial charge is 0.497 e. The van der Waals surface area contributed by atoms with E-state index >= 15 is 0 Å². The molecule has 0 aliphatic carbocycles. The number of imide groups is 1. The number of benzene rings is 2. The zero-order valence-electron chi connectivity index (χ0n) is 19.8. The maximum atomic E-state index is 14.6. The number of rotatable bonds is 10. The molecule has 2 amide bonds. The van der Waals surface area contributed by atoms with Gasteiger partial charge >= 0.3 is 0 Å². The van der Waals surface area contributed by atoms with Gasteiger partial charge in [0.15, 0.2) is 6.79 Å². The van der Waals surface area contributed by atoms with Crippen LogP contribution in [0.1, 0.15) is 37.5 Å². The predicted molar refractivity (Wildman–Crippen MR) is 122 cm³/mol. The smallest absolute Gasteiger partial charge is 0.274 e. The normalized spacial score (nSPS) is 20.1. The summed E-state index contributed by atoms with van der Waals surface area (Å²) in [7, 11) is 2.93. The number of aliphatic hydroxyl groups is 1. The fourth-order valence-corrected chi connectivity index (χ4v) is 4.11. The SMILES string of the molecule is COCON1C(=O)[C@H]([C@H](O)c2ccccc2F)N(Cc2ccc(OC)cc2)[C@@H](CC(C)C)C1=O. The summed E-state index contributed by atoms with van der Waals surface area (Å²) >= 11 is 0. The number of ether oxygens (including phenoxy) is 2. The maximum absolute atomic E-state index is 14.6. The highest BCUT2D eigenvalue weighted by Gasteiger charge is 2.50. The van der Waals surface area contributed by atoms with Crippen LogP contribution in [0.2, 0.25) is 0 Å². The molecule has 0 unspecified atom stereocenters. The van der Waals surface area contributed by atoms with Crippen molar-refractivity contribution in [2.45, 2.75) is 45.0 Å². The first-order valence-electron chi connectivity index (χ1n) is 11.1. The van der Waals surface area contributed by atoms with Gasteiger partial charge in [-0.15, -0.1) is 5.06 Å². The van der Waals surface area contributed by atoms with E-state index in [1.165, 1.54) is 25.3 Å². The van der Waals surface area contributed by atoms with Gasteiger partial charge in [0.2, 0.25) is 0 Å². The van der Waals surface area contributed by atoms with E-state index in [0.29, 0.717) is 17.2 Å². The second-order valence-corrected chi connectivity index (χ2v) is 8.58. The van der Waals surface area contributed by atoms with E-state index in [9.17, 15) is 19.1 Å². The van der Waals surface area contributed by atoms with Crippen molar-refractivity contribution < 1.29 is 33.4 Å². The standard InChI is InChI=1S/C25H31FN2O6/c1-16(2)13-21-24(30)28(34-15-32-3)25(31)22(23(29)19-7-5-6-8-20(19)26)27(21)14-17-9-11-18(33-4)12-10-17/h5-12,16,21-23,29H,13-15H2,1-4H3/t21-,22-,23+/m0/s1. The van der Waals surface area contributed by atoms with Crippen molar-refractivity contribution in [3.8, 4) is 5.75 Å². The number of halogens is 1. The summed E-state index contributed by atoms with van der Waals surface area (Å²) in [4.78, 5) is 33.8. The Morgan fingerprint density at radius 1 is 1.03 bits per heavy atom. The molecule has 0 saturated carbocycles. The van der Waals surface area contributed by atoms with Crippen LogP contribution in [0.3, 0.4) is 0 Å². The number of carbonyl (C=O) groups excluding carboxylic acids is 2. The highest BCUT2D eigenvalue weighted by Crippen LogP contribution is 2.33. The van der Waals surface area contributed by atoms with Gasteiger partial charge in [0.1, 0.15) is 23.7 Å². The minimum atomic E-state index is -1.54. The van der Waals surface area contributed by atoms with Crippen LogP contribution < -0.4 is 4.74 Å². The second kappa shape index (κ2) is 11.5. The Kier molecular flexibility index (Phi) is 8.73. The molecule has 1 fully saturated rings. The van der Waals surface area contributed by atoms with Gasteiger partial charge < -0.3 is 14.6 Å². The van der Waals surface area contributed by atoms with Gasteiger partial charge in [-0.1, -0.05) is 44.2 Å². The fraction of sp³-hybridized carbons (Fsp3) is 0.440. The average Bonchev–Trinajstić information content (AvgIpc) is 2.82. The van der Waals surface area contributed by atoms with Gasteiger partial charge in [-0.05, 0) is 36.1 Å². The van der Waals surface area contributed by atoms with E-state index in [2.05, 4.69) is 0 Å². The van der Waals surface area contributed by atoms with Gasteiger partial charge in [-0.2, -0.15) is 0 Å². The highest BCUT2D eigenvalue weighted by atomic mass is 19.1. The molecule has 2 aromatic rings. The Balaban J connectivity index is 2.07. The summed E-state index contributed by atoms with van der Waals surface area (Å²) in [6, 6.07) is 10.9. The average molecular weight is 475 g/mol. The molecule has 184 valence electrons. The molecule has 1 aliphatic heterocycles. The zero-order chi connectivity index (χ0) is 24.8. The van der Waals surface area contributed by atoms with E-state index < -0.39 is 35.8 Å². The molecule has 2 aromatic carbocycles. The molecule has 0 bridgehead atoms. The molecule has 1 N–H and O–H groups in total. The Labute approximate surface area is 198 Å². The van der Waals surface area contributed by atoms with E-state index in [-0.39, 0.29) is 24.8 Å². The minimum absolute atomic E-state index is 0.0371. The maximum Gasteiger partial charge on any atom is 0.274 e. The van der Waals surface area contributed by atoms with Crippen molar-refractivity contribution >= 4 is 11.8 Å². The Morgan fingerprint density at radius 3 is 2.29 bits per heavy atom. The number of hydrogen-bond donors (Lipinski definition) is 1.